The van der Waals surface area contributed by atoms with Crippen LogP contribution < -0.4 is 0 Å². The van der Waals surface area contributed by atoms with Crippen molar-refractivity contribution in [2.45, 2.75) is 58.2 Å². The first-order chi connectivity index (χ1) is 11.0. The van der Waals surface area contributed by atoms with Gasteiger partial charge >= 0.3 is 0 Å². The molecule has 0 radical (unpaired) electrons. The van der Waals surface area contributed by atoms with Crippen LogP contribution in [0.25, 0.3) is 0 Å². The largest absolute Gasteiger partial charge is 0.392 e. The number of rotatable bonds is 4. The predicted molar refractivity (Wildman–Crippen MR) is 84.2 cm³/mol. The third-order valence-electron chi connectivity index (χ3n) is 5.42. The van der Waals surface area contributed by atoms with Gasteiger partial charge in [-0.2, -0.15) is 0 Å². The van der Waals surface area contributed by atoms with E-state index in [0.29, 0.717) is 31.9 Å². The number of likely N-dealkylation sites (tertiary alicyclic amines) is 1. The van der Waals surface area contributed by atoms with Gasteiger partial charge in [0, 0.05) is 37.6 Å². The minimum atomic E-state index is -0.311. The summed E-state index contributed by atoms with van der Waals surface area (Å²) >= 11 is 0. The smallest absolute Gasteiger partial charge is 0.292 e. The van der Waals surface area contributed by atoms with E-state index in [0.717, 1.165) is 18.5 Å². The van der Waals surface area contributed by atoms with Crippen molar-refractivity contribution in [3.63, 3.8) is 0 Å². The molecule has 3 rings (SSSR count). The van der Waals surface area contributed by atoms with Crippen LogP contribution in [0.5, 0.6) is 0 Å². The molecule has 2 heterocycles. The molecule has 1 aliphatic carbocycles. The molecule has 1 aliphatic heterocycles. The van der Waals surface area contributed by atoms with Gasteiger partial charge in [0.2, 0.25) is 5.76 Å². The average molecular weight is 322 g/mol. The van der Waals surface area contributed by atoms with Crippen LogP contribution >= 0.6 is 0 Å². The Morgan fingerprint density at radius 2 is 2.22 bits per heavy atom. The van der Waals surface area contributed by atoms with E-state index in [1.165, 1.54) is 0 Å². The third-order valence-corrected chi connectivity index (χ3v) is 5.42. The highest BCUT2D eigenvalue weighted by atomic mass is 16.5. The van der Waals surface area contributed by atoms with E-state index in [1.807, 2.05) is 20.8 Å². The zero-order valence-corrected chi connectivity index (χ0v) is 14.1. The molecule has 1 N–H and O–H groups in total. The van der Waals surface area contributed by atoms with Gasteiger partial charge in [-0.1, -0.05) is 19.0 Å². The number of aromatic nitrogens is 1. The molecule has 128 valence electrons. The number of amides is 1. The topological polar surface area (TPSA) is 75.8 Å². The normalized spacial score (nSPS) is 26.6. The molecule has 2 aliphatic rings. The molecule has 0 bridgehead atoms. The first kappa shape index (κ1) is 16.5. The molecule has 6 nitrogen and oxygen atoms in total. The Balaban J connectivity index is 1.63. The third kappa shape index (κ3) is 2.78. The quantitative estimate of drug-likeness (QED) is 0.919. The van der Waals surface area contributed by atoms with Crippen molar-refractivity contribution >= 4 is 5.91 Å². The number of piperidine rings is 1. The molecule has 1 saturated carbocycles. The summed E-state index contributed by atoms with van der Waals surface area (Å²) in [6.45, 7) is 7.92. The van der Waals surface area contributed by atoms with Gasteiger partial charge < -0.3 is 19.3 Å². The highest BCUT2D eigenvalue weighted by Crippen LogP contribution is 2.51. The minimum Gasteiger partial charge on any atom is -0.392 e. The van der Waals surface area contributed by atoms with Gasteiger partial charge in [-0.05, 0) is 25.7 Å². The molecular weight excluding hydrogens is 296 g/mol. The van der Waals surface area contributed by atoms with E-state index in [1.54, 1.807) is 11.0 Å². The molecule has 1 spiro atoms. The zero-order chi connectivity index (χ0) is 16.6. The van der Waals surface area contributed by atoms with E-state index in [2.05, 4.69) is 5.16 Å². The fourth-order valence-corrected chi connectivity index (χ4v) is 3.76. The number of carbonyl (C=O) groups excluding carboxylic acids is 1. The van der Waals surface area contributed by atoms with Gasteiger partial charge in [0.15, 0.2) is 0 Å². The monoisotopic (exact) mass is 322 g/mol. The minimum absolute atomic E-state index is 0.110. The highest BCUT2D eigenvalue weighted by Gasteiger charge is 2.56. The Kier molecular flexibility index (Phi) is 4.47. The first-order valence-electron chi connectivity index (χ1n) is 8.53. The van der Waals surface area contributed by atoms with Crippen LogP contribution in [0.3, 0.4) is 0 Å². The SMILES string of the molecule is CCOC1CC(O)C12CCN(C(=O)c1cc(C(C)C)no1)CC2. The fourth-order valence-electron chi connectivity index (χ4n) is 3.76. The van der Waals surface area contributed by atoms with Crippen LogP contribution in [0, 0.1) is 5.41 Å². The van der Waals surface area contributed by atoms with Crippen molar-refractivity contribution in [1.82, 2.24) is 10.1 Å². The van der Waals surface area contributed by atoms with Crippen LogP contribution in [0.1, 0.15) is 62.2 Å². The standard InChI is InChI=1S/C17H26N2O4/c1-4-22-15-10-14(20)17(15)5-7-19(8-6-17)16(21)13-9-12(11(2)3)18-23-13/h9,11,14-15,20H,4-8,10H2,1-3H3. The number of carbonyl (C=O) groups is 1. The zero-order valence-electron chi connectivity index (χ0n) is 14.1. The van der Waals surface area contributed by atoms with Crippen LogP contribution in [0.2, 0.25) is 0 Å². The maximum absolute atomic E-state index is 12.5. The number of hydrogen-bond acceptors (Lipinski definition) is 5. The second kappa shape index (κ2) is 6.24. The highest BCUT2D eigenvalue weighted by molar-refractivity contribution is 5.91. The summed E-state index contributed by atoms with van der Waals surface area (Å²) in [5, 5.41) is 14.2. The Labute approximate surface area is 136 Å². The lowest BCUT2D eigenvalue weighted by Gasteiger charge is -2.56. The van der Waals surface area contributed by atoms with Crippen molar-refractivity contribution in [3.05, 3.63) is 17.5 Å². The van der Waals surface area contributed by atoms with E-state index < -0.39 is 0 Å². The Hall–Kier alpha value is -1.40. The summed E-state index contributed by atoms with van der Waals surface area (Å²) in [4.78, 5) is 14.3. The summed E-state index contributed by atoms with van der Waals surface area (Å²) in [7, 11) is 0. The summed E-state index contributed by atoms with van der Waals surface area (Å²) in [5.41, 5.74) is 0.629. The molecule has 2 atom stereocenters. The average Bonchev–Trinajstić information content (AvgIpc) is 3.04. The van der Waals surface area contributed by atoms with E-state index in [4.69, 9.17) is 9.26 Å². The summed E-state index contributed by atoms with van der Waals surface area (Å²) in [6, 6.07) is 1.73. The lowest BCUT2D eigenvalue weighted by atomic mass is 9.58. The molecule has 1 aromatic heterocycles. The van der Waals surface area contributed by atoms with Crippen molar-refractivity contribution in [1.29, 1.82) is 0 Å². The number of aliphatic hydroxyl groups is 1. The number of hydrogen-bond donors (Lipinski definition) is 1. The van der Waals surface area contributed by atoms with Crippen molar-refractivity contribution in [3.8, 4) is 0 Å². The van der Waals surface area contributed by atoms with Gasteiger partial charge in [0.1, 0.15) is 0 Å². The molecule has 2 fully saturated rings. The first-order valence-corrected chi connectivity index (χ1v) is 8.53. The molecule has 2 unspecified atom stereocenters. The van der Waals surface area contributed by atoms with Crippen LogP contribution in [-0.4, -0.2) is 53.0 Å². The lowest BCUT2D eigenvalue weighted by molar-refractivity contribution is -0.207. The van der Waals surface area contributed by atoms with Crippen LogP contribution in [0.4, 0.5) is 0 Å². The van der Waals surface area contributed by atoms with Crippen molar-refractivity contribution in [2.75, 3.05) is 19.7 Å². The predicted octanol–water partition coefficient (Wildman–Crippen LogP) is 2.19. The van der Waals surface area contributed by atoms with Gasteiger partial charge in [0.05, 0.1) is 17.9 Å². The Bertz CT molecular complexity index is 559. The molecule has 1 amide bonds. The maximum atomic E-state index is 12.5. The lowest BCUT2D eigenvalue weighted by Crippen LogP contribution is -2.62. The maximum Gasteiger partial charge on any atom is 0.292 e. The summed E-state index contributed by atoms with van der Waals surface area (Å²) in [5.74, 6) is 0.434. The second-order valence-corrected chi connectivity index (χ2v) is 6.99. The number of aliphatic hydroxyl groups excluding tert-OH is 1. The summed E-state index contributed by atoms with van der Waals surface area (Å²) in [6.07, 6.45) is 2.07. The molecular formula is C17H26N2O4. The molecule has 23 heavy (non-hydrogen) atoms. The molecule has 6 heteroatoms. The molecule has 1 aromatic rings. The van der Waals surface area contributed by atoms with E-state index >= 15 is 0 Å². The van der Waals surface area contributed by atoms with E-state index in [9.17, 15) is 9.90 Å². The number of nitrogens with zero attached hydrogens (tertiary/aromatic N) is 2. The number of ether oxygens (including phenoxy) is 1. The van der Waals surface area contributed by atoms with E-state index in [-0.39, 0.29) is 29.4 Å². The fraction of sp³-hybridized carbons (Fsp3) is 0.765. The van der Waals surface area contributed by atoms with Gasteiger partial charge in [0.25, 0.3) is 5.91 Å². The Morgan fingerprint density at radius 1 is 1.52 bits per heavy atom. The van der Waals surface area contributed by atoms with Crippen molar-refractivity contribution < 1.29 is 19.2 Å². The summed E-state index contributed by atoms with van der Waals surface area (Å²) < 4.78 is 11.0. The van der Waals surface area contributed by atoms with Gasteiger partial charge in [-0.15, -0.1) is 0 Å². The molecule has 0 aromatic carbocycles. The second-order valence-electron chi connectivity index (χ2n) is 6.99. The van der Waals surface area contributed by atoms with Gasteiger partial charge in [-0.3, -0.25) is 4.79 Å². The Morgan fingerprint density at radius 3 is 2.74 bits per heavy atom. The molecule has 1 saturated heterocycles. The van der Waals surface area contributed by atoms with Crippen molar-refractivity contribution in [2.24, 2.45) is 5.41 Å². The van der Waals surface area contributed by atoms with Crippen LogP contribution in [0.15, 0.2) is 10.6 Å². The van der Waals surface area contributed by atoms with Crippen LogP contribution in [-0.2, 0) is 4.74 Å². The van der Waals surface area contributed by atoms with Gasteiger partial charge in [-0.25, -0.2) is 0 Å².